The van der Waals surface area contributed by atoms with Gasteiger partial charge in [-0.25, -0.2) is 0 Å². The Morgan fingerprint density at radius 1 is 0.767 bits per heavy atom. The Balaban J connectivity index is 1.57. The second kappa shape index (κ2) is 6.92. The molecule has 1 aliphatic rings. The number of benzene rings is 2. The minimum Gasteiger partial charge on any atom is -0.268 e. The average Bonchev–Trinajstić information content (AvgIpc) is 3.38. The van der Waals surface area contributed by atoms with Gasteiger partial charge in [-0.3, -0.25) is 14.6 Å². The molecule has 0 amide bonds. The van der Waals surface area contributed by atoms with E-state index in [1.54, 1.807) is 0 Å². The molecule has 0 fully saturated rings. The van der Waals surface area contributed by atoms with E-state index < -0.39 is 0 Å². The second-order valence-electron chi connectivity index (χ2n) is 7.75. The second-order valence-corrected chi connectivity index (χ2v) is 7.75. The Bertz CT molecular complexity index is 1330. The molecule has 0 saturated carbocycles. The Morgan fingerprint density at radius 3 is 2.47 bits per heavy atom. The number of hydrogen-bond acceptors (Lipinski definition) is 3. The molecule has 30 heavy (non-hydrogen) atoms. The lowest BCUT2D eigenvalue weighted by Gasteiger charge is -2.11. The summed E-state index contributed by atoms with van der Waals surface area (Å²) < 4.78 is 2.19. The standard InChI is InChI=1S/C26H20N4/c1-2-8-18(9-3-1)19-16-24-25(21-13-15-28-22-11-5-4-10-20(21)22)26(29-30(24)17-19)23-12-6-7-14-27-23/h1-15,19H,16-17H2. The Labute approximate surface area is 174 Å². The van der Waals surface area contributed by atoms with Crippen LogP contribution in [0.25, 0.3) is 33.4 Å². The number of nitrogens with zero attached hydrogens (tertiary/aromatic N) is 4. The minimum atomic E-state index is 0.443. The van der Waals surface area contributed by atoms with Crippen LogP contribution >= 0.6 is 0 Å². The van der Waals surface area contributed by atoms with Gasteiger partial charge in [-0.05, 0) is 41.8 Å². The van der Waals surface area contributed by atoms with Gasteiger partial charge in [0.1, 0.15) is 5.69 Å². The molecule has 6 rings (SSSR count). The van der Waals surface area contributed by atoms with Crippen molar-refractivity contribution in [3.8, 4) is 22.5 Å². The molecule has 4 heterocycles. The Hall–Kier alpha value is -3.79. The first-order valence-corrected chi connectivity index (χ1v) is 10.3. The van der Waals surface area contributed by atoms with Gasteiger partial charge in [-0.1, -0.05) is 54.6 Å². The van der Waals surface area contributed by atoms with Gasteiger partial charge in [0.2, 0.25) is 0 Å². The third-order valence-electron chi connectivity index (χ3n) is 5.99. The van der Waals surface area contributed by atoms with Crippen molar-refractivity contribution in [2.45, 2.75) is 18.9 Å². The van der Waals surface area contributed by atoms with E-state index in [2.05, 4.69) is 69.2 Å². The molecule has 1 unspecified atom stereocenters. The normalized spacial score (nSPS) is 15.4. The van der Waals surface area contributed by atoms with E-state index >= 15 is 0 Å². The van der Waals surface area contributed by atoms with Crippen molar-refractivity contribution >= 4 is 10.9 Å². The molecule has 0 bridgehead atoms. The smallest absolute Gasteiger partial charge is 0.119 e. The average molecular weight is 388 g/mol. The van der Waals surface area contributed by atoms with E-state index in [0.717, 1.165) is 35.3 Å². The lowest BCUT2D eigenvalue weighted by Crippen LogP contribution is -2.03. The zero-order valence-corrected chi connectivity index (χ0v) is 16.4. The summed E-state index contributed by atoms with van der Waals surface area (Å²) in [6, 6.07) is 27.2. The van der Waals surface area contributed by atoms with Crippen LogP contribution in [0.2, 0.25) is 0 Å². The molecule has 4 heteroatoms. The largest absolute Gasteiger partial charge is 0.268 e. The van der Waals surface area contributed by atoms with Crippen LogP contribution in [0.3, 0.4) is 0 Å². The molecule has 3 aromatic heterocycles. The van der Waals surface area contributed by atoms with Gasteiger partial charge >= 0.3 is 0 Å². The molecular weight excluding hydrogens is 368 g/mol. The van der Waals surface area contributed by atoms with E-state index in [1.807, 2.05) is 36.7 Å². The summed E-state index contributed by atoms with van der Waals surface area (Å²) in [6.45, 7) is 0.891. The zero-order chi connectivity index (χ0) is 19.9. The highest BCUT2D eigenvalue weighted by atomic mass is 15.3. The van der Waals surface area contributed by atoms with Crippen molar-refractivity contribution in [1.29, 1.82) is 0 Å². The number of fused-ring (bicyclic) bond motifs is 2. The molecular formula is C26H20N4. The predicted molar refractivity (Wildman–Crippen MR) is 119 cm³/mol. The van der Waals surface area contributed by atoms with Crippen LogP contribution < -0.4 is 0 Å². The quantitative estimate of drug-likeness (QED) is 0.410. The summed E-state index contributed by atoms with van der Waals surface area (Å²) in [6.07, 6.45) is 4.70. The fourth-order valence-electron chi connectivity index (χ4n) is 4.59. The minimum absolute atomic E-state index is 0.443. The van der Waals surface area contributed by atoms with Gasteiger partial charge in [0.25, 0.3) is 0 Å². The van der Waals surface area contributed by atoms with Gasteiger partial charge in [0, 0.05) is 41.5 Å². The van der Waals surface area contributed by atoms with Crippen LogP contribution in [0.5, 0.6) is 0 Å². The fourth-order valence-corrected chi connectivity index (χ4v) is 4.59. The number of pyridine rings is 2. The highest BCUT2D eigenvalue weighted by Crippen LogP contribution is 2.42. The summed E-state index contributed by atoms with van der Waals surface area (Å²) in [5, 5.41) is 6.20. The summed E-state index contributed by atoms with van der Waals surface area (Å²) >= 11 is 0. The fraction of sp³-hybridized carbons (Fsp3) is 0.115. The first-order chi connectivity index (χ1) is 14.9. The SMILES string of the molecule is c1ccc(C2Cc3c(-c4ccnc5ccccc45)c(-c4ccccn4)nn3C2)cc1. The molecule has 1 aliphatic heterocycles. The summed E-state index contributed by atoms with van der Waals surface area (Å²) in [5.74, 6) is 0.443. The van der Waals surface area contributed by atoms with Gasteiger partial charge in [0.15, 0.2) is 0 Å². The number of rotatable bonds is 3. The van der Waals surface area contributed by atoms with Crippen LogP contribution in [0.15, 0.2) is 91.3 Å². The third-order valence-corrected chi connectivity index (χ3v) is 5.99. The topological polar surface area (TPSA) is 43.6 Å². The molecule has 5 aromatic rings. The predicted octanol–water partition coefficient (Wildman–Crippen LogP) is 5.50. The van der Waals surface area contributed by atoms with E-state index in [-0.39, 0.29) is 0 Å². The zero-order valence-electron chi connectivity index (χ0n) is 16.4. The first-order valence-electron chi connectivity index (χ1n) is 10.3. The van der Waals surface area contributed by atoms with Crippen molar-refractivity contribution in [3.63, 3.8) is 0 Å². The van der Waals surface area contributed by atoms with Crippen molar-refractivity contribution in [2.24, 2.45) is 0 Å². The van der Waals surface area contributed by atoms with E-state index in [9.17, 15) is 0 Å². The lowest BCUT2D eigenvalue weighted by atomic mass is 9.92. The molecule has 0 saturated heterocycles. The molecule has 4 nitrogen and oxygen atoms in total. The van der Waals surface area contributed by atoms with Crippen LogP contribution in [0, 0.1) is 0 Å². The van der Waals surface area contributed by atoms with Crippen LogP contribution in [-0.4, -0.2) is 19.7 Å². The van der Waals surface area contributed by atoms with Gasteiger partial charge < -0.3 is 0 Å². The summed E-state index contributed by atoms with van der Waals surface area (Å²) in [4.78, 5) is 9.18. The number of para-hydroxylation sites is 1. The van der Waals surface area contributed by atoms with E-state index in [4.69, 9.17) is 5.10 Å². The maximum Gasteiger partial charge on any atom is 0.119 e. The van der Waals surface area contributed by atoms with Crippen LogP contribution in [-0.2, 0) is 13.0 Å². The Morgan fingerprint density at radius 2 is 1.60 bits per heavy atom. The summed E-state index contributed by atoms with van der Waals surface area (Å²) in [7, 11) is 0. The Kier molecular flexibility index (Phi) is 3.94. The van der Waals surface area contributed by atoms with Crippen molar-refractivity contribution in [3.05, 3.63) is 103 Å². The monoisotopic (exact) mass is 388 g/mol. The molecule has 1 atom stereocenters. The highest BCUT2D eigenvalue weighted by molar-refractivity contribution is 5.98. The van der Waals surface area contributed by atoms with Crippen LogP contribution in [0.4, 0.5) is 0 Å². The van der Waals surface area contributed by atoms with Crippen molar-refractivity contribution in [1.82, 2.24) is 19.7 Å². The van der Waals surface area contributed by atoms with Crippen molar-refractivity contribution in [2.75, 3.05) is 0 Å². The van der Waals surface area contributed by atoms with E-state index in [1.165, 1.54) is 22.4 Å². The number of aromatic nitrogens is 4. The maximum atomic E-state index is 5.05. The highest BCUT2D eigenvalue weighted by Gasteiger charge is 2.31. The van der Waals surface area contributed by atoms with Crippen LogP contribution in [0.1, 0.15) is 17.2 Å². The van der Waals surface area contributed by atoms with Crippen molar-refractivity contribution < 1.29 is 0 Å². The summed E-state index contributed by atoms with van der Waals surface area (Å²) in [5.41, 5.74) is 7.87. The maximum absolute atomic E-state index is 5.05. The first kappa shape index (κ1) is 17.1. The number of hydrogen-bond donors (Lipinski definition) is 0. The molecule has 2 aromatic carbocycles. The third kappa shape index (κ3) is 2.72. The molecule has 144 valence electrons. The molecule has 0 N–H and O–H groups in total. The van der Waals surface area contributed by atoms with E-state index in [0.29, 0.717) is 5.92 Å². The van der Waals surface area contributed by atoms with Gasteiger partial charge in [-0.15, -0.1) is 0 Å². The molecule has 0 radical (unpaired) electrons. The lowest BCUT2D eigenvalue weighted by molar-refractivity contribution is 0.598. The van der Waals surface area contributed by atoms with Gasteiger partial charge in [0.05, 0.1) is 11.2 Å². The molecule has 0 spiro atoms. The molecule has 0 aliphatic carbocycles. The van der Waals surface area contributed by atoms with Gasteiger partial charge in [-0.2, -0.15) is 5.10 Å².